The smallest absolute Gasteiger partial charge is 0.172 e. The normalized spacial score (nSPS) is 13.4. The average Bonchev–Trinajstić information content (AvgIpc) is 3.13. The summed E-state index contributed by atoms with van der Waals surface area (Å²) in [5.41, 5.74) is 6.64. The molecule has 1 atom stereocenters. The summed E-state index contributed by atoms with van der Waals surface area (Å²) in [5, 5.41) is 9.21. The first kappa shape index (κ1) is 20.6. The van der Waals surface area contributed by atoms with E-state index >= 15 is 0 Å². The van der Waals surface area contributed by atoms with Gasteiger partial charge in [0.05, 0.1) is 18.6 Å². The summed E-state index contributed by atoms with van der Waals surface area (Å²) in [7, 11) is 1.67. The number of benzene rings is 1. The number of ether oxygens (including phenoxy) is 1. The number of carbonyl (C=O) groups is 1. The SMILES string of the molecule is COc1cccc(CCCCC(=O)c2ccc(CCC(C)(N)CO)s2)c1. The fraction of sp³-hybridized carbons (Fsp3) is 0.476. The molecule has 3 N–H and O–H groups in total. The van der Waals surface area contributed by atoms with E-state index in [4.69, 9.17) is 10.5 Å². The molecule has 0 aliphatic rings. The lowest BCUT2D eigenvalue weighted by molar-refractivity contribution is 0.0983. The lowest BCUT2D eigenvalue weighted by atomic mass is 9.98. The van der Waals surface area contributed by atoms with E-state index in [0.29, 0.717) is 12.8 Å². The first-order valence-electron chi connectivity index (χ1n) is 9.08. The number of rotatable bonds is 11. The van der Waals surface area contributed by atoms with Crippen LogP contribution in [0.3, 0.4) is 0 Å². The first-order chi connectivity index (χ1) is 12.4. The van der Waals surface area contributed by atoms with Crippen LogP contribution >= 0.6 is 11.3 Å². The highest BCUT2D eigenvalue weighted by Gasteiger charge is 2.17. The molecule has 0 fully saturated rings. The minimum absolute atomic E-state index is 0.0303. The van der Waals surface area contributed by atoms with E-state index in [1.54, 1.807) is 18.4 Å². The first-order valence-corrected chi connectivity index (χ1v) is 9.90. The Kier molecular flexibility index (Phi) is 7.82. The molecule has 0 radical (unpaired) electrons. The molecule has 2 rings (SSSR count). The number of thiophene rings is 1. The second-order valence-electron chi connectivity index (χ2n) is 7.06. The molecule has 1 unspecified atom stereocenters. The molecule has 0 spiro atoms. The molecule has 1 aromatic heterocycles. The van der Waals surface area contributed by atoms with E-state index in [9.17, 15) is 9.90 Å². The molecular weight excluding hydrogens is 346 g/mol. The second kappa shape index (κ2) is 9.86. The van der Waals surface area contributed by atoms with Crippen LogP contribution in [-0.2, 0) is 12.8 Å². The van der Waals surface area contributed by atoms with Crippen LogP contribution in [0.5, 0.6) is 5.75 Å². The quantitative estimate of drug-likeness (QED) is 0.460. The zero-order valence-corrected chi connectivity index (χ0v) is 16.5. The molecule has 2 aromatic rings. The van der Waals surface area contributed by atoms with Crippen molar-refractivity contribution < 1.29 is 14.6 Å². The molecule has 5 heteroatoms. The molecule has 26 heavy (non-hydrogen) atoms. The number of ketones is 1. The Bertz CT molecular complexity index is 709. The van der Waals surface area contributed by atoms with Crippen molar-refractivity contribution in [2.24, 2.45) is 5.73 Å². The van der Waals surface area contributed by atoms with Gasteiger partial charge >= 0.3 is 0 Å². The molecule has 0 bridgehead atoms. The number of aliphatic hydroxyl groups is 1. The van der Waals surface area contributed by atoms with Gasteiger partial charge in [0, 0.05) is 16.8 Å². The highest BCUT2D eigenvalue weighted by molar-refractivity contribution is 7.14. The van der Waals surface area contributed by atoms with Crippen molar-refractivity contribution in [3.05, 3.63) is 51.7 Å². The number of carbonyl (C=O) groups excluding carboxylic acids is 1. The Balaban J connectivity index is 1.74. The monoisotopic (exact) mass is 375 g/mol. The maximum absolute atomic E-state index is 12.4. The summed E-state index contributed by atoms with van der Waals surface area (Å²) in [5.74, 6) is 1.09. The highest BCUT2D eigenvalue weighted by atomic mass is 32.1. The van der Waals surface area contributed by atoms with E-state index in [0.717, 1.165) is 41.2 Å². The van der Waals surface area contributed by atoms with Gasteiger partial charge in [0.1, 0.15) is 5.75 Å². The minimum Gasteiger partial charge on any atom is -0.497 e. The number of aliphatic hydroxyl groups excluding tert-OH is 1. The maximum Gasteiger partial charge on any atom is 0.172 e. The lowest BCUT2D eigenvalue weighted by Gasteiger charge is -2.20. The van der Waals surface area contributed by atoms with Gasteiger partial charge < -0.3 is 15.6 Å². The van der Waals surface area contributed by atoms with Crippen LogP contribution in [0, 0.1) is 0 Å². The van der Waals surface area contributed by atoms with E-state index in [1.807, 2.05) is 37.3 Å². The maximum atomic E-state index is 12.4. The van der Waals surface area contributed by atoms with Crippen LogP contribution in [0.2, 0.25) is 0 Å². The van der Waals surface area contributed by atoms with Crippen molar-refractivity contribution in [2.75, 3.05) is 13.7 Å². The Morgan fingerprint density at radius 2 is 2.04 bits per heavy atom. The van der Waals surface area contributed by atoms with Crippen LogP contribution < -0.4 is 10.5 Å². The molecule has 142 valence electrons. The van der Waals surface area contributed by atoms with E-state index in [1.165, 1.54) is 5.56 Å². The Morgan fingerprint density at radius 1 is 1.23 bits per heavy atom. The topological polar surface area (TPSA) is 72.5 Å². The zero-order chi connectivity index (χ0) is 19.0. The fourth-order valence-electron chi connectivity index (χ4n) is 2.72. The number of hydrogen-bond acceptors (Lipinski definition) is 5. The third kappa shape index (κ3) is 6.56. The third-order valence-electron chi connectivity index (χ3n) is 4.49. The number of Topliss-reactive ketones (excluding diaryl/α,β-unsaturated/α-hetero) is 1. The fourth-order valence-corrected chi connectivity index (χ4v) is 3.69. The van der Waals surface area contributed by atoms with Gasteiger partial charge in [-0.2, -0.15) is 0 Å². The summed E-state index contributed by atoms with van der Waals surface area (Å²) in [6.45, 7) is 1.81. The second-order valence-corrected chi connectivity index (χ2v) is 8.23. The van der Waals surface area contributed by atoms with Crippen LogP contribution in [-0.4, -0.2) is 30.1 Å². The predicted molar refractivity (Wildman–Crippen MR) is 107 cm³/mol. The lowest BCUT2D eigenvalue weighted by Crippen LogP contribution is -2.40. The molecule has 0 aliphatic heterocycles. The standard InChI is InChI=1S/C21H29NO3S/c1-21(22,15-23)13-12-18-10-11-20(26-18)19(24)9-4-3-6-16-7-5-8-17(14-16)25-2/h5,7-8,10-11,14,23H,3-4,6,9,12-13,15,22H2,1-2H3. The summed E-state index contributed by atoms with van der Waals surface area (Å²) < 4.78 is 5.23. The van der Waals surface area contributed by atoms with Gasteiger partial charge in [-0.25, -0.2) is 0 Å². The highest BCUT2D eigenvalue weighted by Crippen LogP contribution is 2.22. The van der Waals surface area contributed by atoms with Crippen molar-refractivity contribution in [1.29, 1.82) is 0 Å². The summed E-state index contributed by atoms with van der Waals surface area (Å²) in [6.07, 6.45) is 4.90. The van der Waals surface area contributed by atoms with Gasteiger partial charge in [-0.1, -0.05) is 12.1 Å². The van der Waals surface area contributed by atoms with Gasteiger partial charge in [0.25, 0.3) is 0 Å². The van der Waals surface area contributed by atoms with E-state index in [2.05, 4.69) is 6.07 Å². The Hall–Kier alpha value is -1.69. The number of methoxy groups -OCH3 is 1. The number of nitrogens with two attached hydrogens (primary N) is 1. The average molecular weight is 376 g/mol. The van der Waals surface area contributed by atoms with Crippen LogP contribution in [0.1, 0.15) is 52.7 Å². The van der Waals surface area contributed by atoms with Gasteiger partial charge in [0.2, 0.25) is 0 Å². The van der Waals surface area contributed by atoms with Crippen LogP contribution in [0.4, 0.5) is 0 Å². The van der Waals surface area contributed by atoms with Crippen molar-refractivity contribution >= 4 is 17.1 Å². The van der Waals surface area contributed by atoms with Crippen molar-refractivity contribution in [3.8, 4) is 5.75 Å². The number of hydrogen-bond donors (Lipinski definition) is 2. The molecule has 0 amide bonds. The molecule has 4 nitrogen and oxygen atoms in total. The van der Waals surface area contributed by atoms with Crippen molar-refractivity contribution in [2.45, 2.75) is 51.0 Å². The molecular formula is C21H29NO3S. The molecule has 0 aliphatic carbocycles. The summed E-state index contributed by atoms with van der Waals surface area (Å²) in [4.78, 5) is 14.3. The van der Waals surface area contributed by atoms with Crippen molar-refractivity contribution in [1.82, 2.24) is 0 Å². The Morgan fingerprint density at radius 3 is 2.77 bits per heavy atom. The summed E-state index contributed by atoms with van der Waals surface area (Å²) in [6, 6.07) is 12.0. The van der Waals surface area contributed by atoms with Crippen LogP contribution in [0.15, 0.2) is 36.4 Å². The Labute approximate surface area is 160 Å². The van der Waals surface area contributed by atoms with E-state index < -0.39 is 5.54 Å². The number of unbranched alkanes of at least 4 members (excludes halogenated alkanes) is 1. The van der Waals surface area contributed by atoms with Gasteiger partial charge in [-0.3, -0.25) is 4.79 Å². The third-order valence-corrected chi connectivity index (χ3v) is 5.68. The minimum atomic E-state index is -0.561. The van der Waals surface area contributed by atoms with E-state index in [-0.39, 0.29) is 12.4 Å². The summed E-state index contributed by atoms with van der Waals surface area (Å²) >= 11 is 1.55. The van der Waals surface area contributed by atoms with Crippen molar-refractivity contribution in [3.63, 3.8) is 0 Å². The number of aryl methyl sites for hydroxylation is 2. The van der Waals surface area contributed by atoms with Crippen LogP contribution in [0.25, 0.3) is 0 Å². The zero-order valence-electron chi connectivity index (χ0n) is 15.7. The largest absolute Gasteiger partial charge is 0.497 e. The predicted octanol–water partition coefficient (Wildman–Crippen LogP) is 3.99. The van der Waals surface area contributed by atoms with Gasteiger partial charge in [-0.05, 0) is 68.9 Å². The van der Waals surface area contributed by atoms with Gasteiger partial charge in [-0.15, -0.1) is 11.3 Å². The molecule has 0 saturated heterocycles. The molecule has 0 saturated carbocycles. The molecule has 1 aromatic carbocycles. The van der Waals surface area contributed by atoms with Gasteiger partial charge in [0.15, 0.2) is 5.78 Å². The molecule has 1 heterocycles.